The Labute approximate surface area is 71.0 Å². The fraction of sp³-hybridized carbons (Fsp3) is 0.667. The minimum Gasteiger partial charge on any atom is -0.458 e. The van der Waals surface area contributed by atoms with Gasteiger partial charge in [-0.2, -0.15) is 0 Å². The van der Waals surface area contributed by atoms with E-state index in [0.717, 1.165) is 0 Å². The highest BCUT2D eigenvalue weighted by atomic mass is 16.5. The van der Waals surface area contributed by atoms with E-state index < -0.39 is 6.10 Å². The third kappa shape index (κ3) is 1.05. The van der Waals surface area contributed by atoms with E-state index in [2.05, 4.69) is 0 Å². The van der Waals surface area contributed by atoms with Gasteiger partial charge in [0.05, 0.1) is 12.5 Å². The molecule has 0 spiro atoms. The molecule has 3 heteroatoms. The van der Waals surface area contributed by atoms with Gasteiger partial charge in [-0.25, -0.2) is 0 Å². The summed E-state index contributed by atoms with van der Waals surface area (Å²) in [4.78, 5) is 10.9. The first-order valence-corrected chi connectivity index (χ1v) is 4.24. The second kappa shape index (κ2) is 2.59. The summed E-state index contributed by atoms with van der Waals surface area (Å²) < 4.78 is 5.05. The lowest BCUT2D eigenvalue weighted by atomic mass is 9.80. The second-order valence-electron chi connectivity index (χ2n) is 3.56. The molecular weight excluding hydrogens is 156 g/mol. The van der Waals surface area contributed by atoms with Crippen molar-refractivity contribution in [2.24, 2.45) is 11.8 Å². The molecule has 2 rings (SSSR count). The molecule has 1 saturated heterocycles. The van der Waals surface area contributed by atoms with Gasteiger partial charge in [-0.3, -0.25) is 4.79 Å². The van der Waals surface area contributed by atoms with Crippen LogP contribution in [0.5, 0.6) is 0 Å². The minimum absolute atomic E-state index is 0.0871. The van der Waals surface area contributed by atoms with Gasteiger partial charge in [0.25, 0.3) is 0 Å². The molecule has 12 heavy (non-hydrogen) atoms. The average molecular weight is 168 g/mol. The molecule has 1 heterocycles. The van der Waals surface area contributed by atoms with Crippen molar-refractivity contribution < 1.29 is 14.6 Å². The third-order valence-electron chi connectivity index (χ3n) is 2.80. The van der Waals surface area contributed by atoms with Crippen LogP contribution < -0.4 is 0 Å². The van der Waals surface area contributed by atoms with E-state index in [1.54, 1.807) is 12.2 Å². The number of aliphatic hydroxyl groups excluding tert-OH is 1. The number of aliphatic hydroxyl groups is 1. The van der Waals surface area contributed by atoms with Crippen molar-refractivity contribution in [3.8, 4) is 0 Å². The van der Waals surface area contributed by atoms with E-state index in [0.29, 0.717) is 6.42 Å². The molecule has 0 bridgehead atoms. The summed E-state index contributed by atoms with van der Waals surface area (Å²) in [6, 6.07) is 0. The summed E-state index contributed by atoms with van der Waals surface area (Å²) in [5, 5.41) is 9.46. The van der Waals surface area contributed by atoms with Crippen molar-refractivity contribution in [2.75, 3.05) is 0 Å². The normalized spacial score (nSPS) is 45.7. The Morgan fingerprint density at radius 2 is 2.33 bits per heavy atom. The van der Waals surface area contributed by atoms with E-state index in [4.69, 9.17) is 4.74 Å². The second-order valence-corrected chi connectivity index (χ2v) is 3.56. The molecule has 0 radical (unpaired) electrons. The third-order valence-corrected chi connectivity index (χ3v) is 2.80. The molecule has 0 aromatic carbocycles. The maximum Gasteiger partial charge on any atom is 0.306 e. The smallest absolute Gasteiger partial charge is 0.306 e. The van der Waals surface area contributed by atoms with Crippen LogP contribution in [0.2, 0.25) is 0 Å². The largest absolute Gasteiger partial charge is 0.458 e. The zero-order valence-corrected chi connectivity index (χ0v) is 6.93. The lowest BCUT2D eigenvalue weighted by Crippen LogP contribution is -2.32. The fourth-order valence-electron chi connectivity index (χ4n) is 1.91. The van der Waals surface area contributed by atoms with E-state index in [9.17, 15) is 9.90 Å². The topological polar surface area (TPSA) is 46.5 Å². The van der Waals surface area contributed by atoms with Crippen LogP contribution in [0.1, 0.15) is 13.3 Å². The SMILES string of the molecule is C[C@@H]1[C@H]2CC(=O)O[C@H]2C=C[C@@H]1O. The molecule has 1 N–H and O–H groups in total. The van der Waals surface area contributed by atoms with E-state index in [1.807, 2.05) is 6.92 Å². The fourth-order valence-corrected chi connectivity index (χ4v) is 1.91. The number of carbonyl (C=O) groups is 1. The summed E-state index contributed by atoms with van der Waals surface area (Å²) in [7, 11) is 0. The van der Waals surface area contributed by atoms with Crippen molar-refractivity contribution in [3.63, 3.8) is 0 Å². The van der Waals surface area contributed by atoms with Crippen LogP contribution in [-0.2, 0) is 9.53 Å². The zero-order chi connectivity index (χ0) is 8.72. The first-order chi connectivity index (χ1) is 5.68. The number of rotatable bonds is 0. The average Bonchev–Trinajstić information content (AvgIpc) is 2.39. The molecule has 2 aliphatic rings. The van der Waals surface area contributed by atoms with Crippen molar-refractivity contribution in [1.82, 2.24) is 0 Å². The molecule has 0 amide bonds. The first kappa shape index (κ1) is 7.80. The van der Waals surface area contributed by atoms with Gasteiger partial charge < -0.3 is 9.84 Å². The van der Waals surface area contributed by atoms with Crippen LogP contribution in [0.3, 0.4) is 0 Å². The predicted molar refractivity (Wildman–Crippen MR) is 42.3 cm³/mol. The van der Waals surface area contributed by atoms with Gasteiger partial charge in [0, 0.05) is 5.92 Å². The summed E-state index contributed by atoms with van der Waals surface area (Å²) in [6.07, 6.45) is 3.45. The van der Waals surface area contributed by atoms with Crippen LogP contribution in [0, 0.1) is 11.8 Å². The molecule has 0 aromatic heterocycles. The molecular formula is C9H12O3. The quantitative estimate of drug-likeness (QED) is 0.423. The highest BCUT2D eigenvalue weighted by Gasteiger charge is 2.41. The van der Waals surface area contributed by atoms with Gasteiger partial charge in [0.15, 0.2) is 0 Å². The van der Waals surface area contributed by atoms with E-state index in [1.165, 1.54) is 0 Å². The molecule has 0 unspecified atom stereocenters. The maximum atomic E-state index is 10.9. The van der Waals surface area contributed by atoms with Crippen molar-refractivity contribution >= 4 is 5.97 Å². The highest BCUT2D eigenvalue weighted by Crippen LogP contribution is 2.35. The Bertz CT molecular complexity index is 234. The Morgan fingerprint density at radius 1 is 1.58 bits per heavy atom. The number of esters is 1. The minimum atomic E-state index is -0.416. The zero-order valence-electron chi connectivity index (χ0n) is 6.93. The Morgan fingerprint density at radius 3 is 3.08 bits per heavy atom. The molecule has 1 fully saturated rings. The van der Waals surface area contributed by atoms with Crippen LogP contribution in [-0.4, -0.2) is 23.3 Å². The first-order valence-electron chi connectivity index (χ1n) is 4.24. The maximum absolute atomic E-state index is 10.9. The Kier molecular flexibility index (Phi) is 1.68. The molecule has 4 atom stereocenters. The van der Waals surface area contributed by atoms with Crippen LogP contribution in [0.4, 0.5) is 0 Å². The number of carbonyl (C=O) groups excluding carboxylic acids is 1. The molecule has 0 aromatic rings. The van der Waals surface area contributed by atoms with Crippen LogP contribution >= 0.6 is 0 Å². The molecule has 3 nitrogen and oxygen atoms in total. The van der Waals surface area contributed by atoms with Crippen LogP contribution in [0.25, 0.3) is 0 Å². The summed E-state index contributed by atoms with van der Waals surface area (Å²) >= 11 is 0. The van der Waals surface area contributed by atoms with Gasteiger partial charge >= 0.3 is 5.97 Å². The number of fused-ring (bicyclic) bond motifs is 1. The van der Waals surface area contributed by atoms with Gasteiger partial charge in [0.2, 0.25) is 0 Å². The van der Waals surface area contributed by atoms with Crippen molar-refractivity contribution in [3.05, 3.63) is 12.2 Å². The van der Waals surface area contributed by atoms with Gasteiger partial charge in [-0.15, -0.1) is 0 Å². The standard InChI is InChI=1S/C9H12O3/c1-5-6-4-9(11)12-8(6)3-2-7(5)10/h2-3,5-8,10H,4H2,1H3/t5-,6-,7+,8+/m1/s1. The summed E-state index contributed by atoms with van der Waals surface area (Å²) in [6.45, 7) is 1.95. The Hall–Kier alpha value is -0.830. The molecule has 1 aliphatic heterocycles. The number of hydrogen-bond donors (Lipinski definition) is 1. The van der Waals surface area contributed by atoms with Crippen molar-refractivity contribution in [2.45, 2.75) is 25.6 Å². The van der Waals surface area contributed by atoms with Gasteiger partial charge in [-0.1, -0.05) is 13.0 Å². The predicted octanol–water partition coefficient (Wildman–Crippen LogP) is 0.485. The molecule has 66 valence electrons. The monoisotopic (exact) mass is 168 g/mol. The summed E-state index contributed by atoms with van der Waals surface area (Å²) in [5.41, 5.74) is 0. The Balaban J connectivity index is 2.21. The van der Waals surface area contributed by atoms with E-state index in [-0.39, 0.29) is 23.9 Å². The summed E-state index contributed by atoms with van der Waals surface area (Å²) in [5.74, 6) is 0.166. The molecule has 0 saturated carbocycles. The van der Waals surface area contributed by atoms with Crippen LogP contribution in [0.15, 0.2) is 12.2 Å². The number of hydrogen-bond acceptors (Lipinski definition) is 3. The number of ether oxygens (including phenoxy) is 1. The van der Waals surface area contributed by atoms with Gasteiger partial charge in [-0.05, 0) is 12.0 Å². The van der Waals surface area contributed by atoms with Crippen molar-refractivity contribution in [1.29, 1.82) is 0 Å². The van der Waals surface area contributed by atoms with Gasteiger partial charge in [0.1, 0.15) is 6.10 Å². The van der Waals surface area contributed by atoms with E-state index >= 15 is 0 Å². The lowest BCUT2D eigenvalue weighted by molar-refractivity contribution is -0.140. The molecule has 1 aliphatic carbocycles. The highest BCUT2D eigenvalue weighted by molar-refractivity contribution is 5.72. The lowest BCUT2D eigenvalue weighted by Gasteiger charge is -2.28.